The molecular weight excluding hydrogens is 297 g/mol. The number of nitrogens with one attached hydrogen (secondary N) is 1. The van der Waals surface area contributed by atoms with E-state index in [9.17, 15) is 13.2 Å². The van der Waals surface area contributed by atoms with Gasteiger partial charge in [-0.2, -0.15) is 13.2 Å². The summed E-state index contributed by atoms with van der Waals surface area (Å²) in [5.41, 5.74) is 5.55. The molecule has 0 saturated carbocycles. The maximum atomic E-state index is 12.7. The van der Waals surface area contributed by atoms with E-state index in [-0.39, 0.29) is 16.0 Å². The SMILES string of the molecule is CC(C)C(C)(C)CNc1ccc(C(F)(F)F)cc1C(N)=S. The topological polar surface area (TPSA) is 38.0 Å². The molecule has 0 aliphatic carbocycles. The Morgan fingerprint density at radius 2 is 1.86 bits per heavy atom. The standard InChI is InChI=1S/C15H21F3N2S/c1-9(2)14(3,4)8-20-12-6-5-10(15(16,17)18)7-11(12)13(19)21/h5-7,9,20H,8H2,1-4H3,(H2,19,21). The molecule has 1 aromatic rings. The van der Waals surface area contributed by atoms with Crippen LogP contribution >= 0.6 is 12.2 Å². The molecular formula is C15H21F3N2S. The van der Waals surface area contributed by atoms with E-state index < -0.39 is 11.7 Å². The highest BCUT2D eigenvalue weighted by atomic mass is 32.1. The minimum absolute atomic E-state index is 0.00378. The summed E-state index contributed by atoms with van der Waals surface area (Å²) >= 11 is 4.86. The predicted octanol–water partition coefficient (Wildman–Crippen LogP) is 4.43. The highest BCUT2D eigenvalue weighted by molar-refractivity contribution is 7.80. The van der Waals surface area contributed by atoms with Gasteiger partial charge in [0.15, 0.2) is 0 Å². The van der Waals surface area contributed by atoms with Crippen LogP contribution in [0.3, 0.4) is 0 Å². The number of benzene rings is 1. The van der Waals surface area contributed by atoms with Crippen LogP contribution < -0.4 is 11.1 Å². The largest absolute Gasteiger partial charge is 0.416 e. The molecule has 0 spiro atoms. The molecule has 0 aliphatic rings. The van der Waals surface area contributed by atoms with Crippen molar-refractivity contribution >= 4 is 22.9 Å². The number of nitrogens with two attached hydrogens (primary N) is 1. The Morgan fingerprint density at radius 1 is 1.29 bits per heavy atom. The molecule has 1 rings (SSSR count). The second-order valence-electron chi connectivity index (χ2n) is 6.12. The first-order valence-corrected chi connectivity index (χ1v) is 7.11. The van der Waals surface area contributed by atoms with E-state index in [1.54, 1.807) is 0 Å². The quantitative estimate of drug-likeness (QED) is 0.789. The zero-order valence-electron chi connectivity index (χ0n) is 12.6. The Balaban J connectivity index is 3.06. The van der Waals surface area contributed by atoms with Gasteiger partial charge in [-0.15, -0.1) is 0 Å². The van der Waals surface area contributed by atoms with Gasteiger partial charge in [-0.3, -0.25) is 0 Å². The molecule has 3 N–H and O–H groups in total. The van der Waals surface area contributed by atoms with Gasteiger partial charge in [0, 0.05) is 17.8 Å². The maximum absolute atomic E-state index is 12.7. The molecule has 0 atom stereocenters. The number of halogens is 3. The van der Waals surface area contributed by atoms with Crippen molar-refractivity contribution in [3.63, 3.8) is 0 Å². The molecule has 2 nitrogen and oxygen atoms in total. The number of rotatable bonds is 5. The average molecular weight is 318 g/mol. The lowest BCUT2D eigenvalue weighted by Crippen LogP contribution is -2.29. The summed E-state index contributed by atoms with van der Waals surface area (Å²) in [5, 5.41) is 3.16. The van der Waals surface area contributed by atoms with Crippen LogP contribution in [0.2, 0.25) is 0 Å². The van der Waals surface area contributed by atoms with Gasteiger partial charge >= 0.3 is 6.18 Å². The number of alkyl halides is 3. The van der Waals surface area contributed by atoms with Crippen LogP contribution in [0.15, 0.2) is 18.2 Å². The van der Waals surface area contributed by atoms with Crippen molar-refractivity contribution in [2.45, 2.75) is 33.9 Å². The lowest BCUT2D eigenvalue weighted by Gasteiger charge is -2.30. The molecule has 6 heteroatoms. The van der Waals surface area contributed by atoms with Crippen molar-refractivity contribution in [1.82, 2.24) is 0 Å². The number of thiocarbonyl (C=S) groups is 1. The van der Waals surface area contributed by atoms with E-state index in [0.717, 1.165) is 12.1 Å². The average Bonchev–Trinajstić information content (AvgIpc) is 2.34. The highest BCUT2D eigenvalue weighted by Gasteiger charge is 2.31. The molecule has 0 aliphatic heterocycles. The second-order valence-corrected chi connectivity index (χ2v) is 6.56. The molecule has 0 fully saturated rings. The third-order valence-electron chi connectivity index (χ3n) is 3.91. The van der Waals surface area contributed by atoms with Crippen LogP contribution in [-0.4, -0.2) is 11.5 Å². The summed E-state index contributed by atoms with van der Waals surface area (Å²) in [6.07, 6.45) is -4.41. The summed E-state index contributed by atoms with van der Waals surface area (Å²) in [6, 6.07) is 3.41. The molecule has 0 bridgehead atoms. The van der Waals surface area contributed by atoms with Crippen LogP contribution in [0.1, 0.15) is 38.8 Å². The van der Waals surface area contributed by atoms with Crippen LogP contribution in [0.5, 0.6) is 0 Å². The van der Waals surface area contributed by atoms with Crippen LogP contribution in [-0.2, 0) is 6.18 Å². The summed E-state index contributed by atoms with van der Waals surface area (Å²) in [4.78, 5) is -0.0500. The monoisotopic (exact) mass is 318 g/mol. The molecule has 0 saturated heterocycles. The van der Waals surface area contributed by atoms with Crippen molar-refractivity contribution in [2.75, 3.05) is 11.9 Å². The fraction of sp³-hybridized carbons (Fsp3) is 0.533. The fourth-order valence-electron chi connectivity index (χ4n) is 1.61. The third-order valence-corrected chi connectivity index (χ3v) is 4.13. The van der Waals surface area contributed by atoms with E-state index in [1.165, 1.54) is 6.07 Å². The normalized spacial score (nSPS) is 12.6. The first-order valence-electron chi connectivity index (χ1n) is 6.70. The Morgan fingerprint density at radius 3 is 2.29 bits per heavy atom. The Labute approximate surface area is 128 Å². The van der Waals surface area contributed by atoms with Gasteiger partial charge in [0.1, 0.15) is 4.99 Å². The Hall–Kier alpha value is -1.30. The van der Waals surface area contributed by atoms with Gasteiger partial charge in [0.2, 0.25) is 0 Å². The van der Waals surface area contributed by atoms with Gasteiger partial charge < -0.3 is 11.1 Å². The third kappa shape index (κ3) is 4.59. The van der Waals surface area contributed by atoms with Crippen LogP contribution in [0.25, 0.3) is 0 Å². The fourth-order valence-corrected chi connectivity index (χ4v) is 1.77. The predicted molar refractivity (Wildman–Crippen MR) is 84.4 cm³/mol. The van der Waals surface area contributed by atoms with Gasteiger partial charge in [0.25, 0.3) is 0 Å². The highest BCUT2D eigenvalue weighted by Crippen LogP contribution is 2.33. The van der Waals surface area contributed by atoms with Gasteiger partial charge in [-0.25, -0.2) is 0 Å². The smallest absolute Gasteiger partial charge is 0.389 e. The summed E-state index contributed by atoms with van der Waals surface area (Å²) < 4.78 is 38.2. The molecule has 0 unspecified atom stereocenters. The minimum atomic E-state index is -4.41. The Bertz CT molecular complexity index is 522. The van der Waals surface area contributed by atoms with Crippen molar-refractivity contribution in [3.05, 3.63) is 29.3 Å². The van der Waals surface area contributed by atoms with E-state index >= 15 is 0 Å². The number of hydrogen-bond donors (Lipinski definition) is 2. The van der Waals surface area contributed by atoms with Gasteiger partial charge in [0.05, 0.1) is 5.56 Å². The van der Waals surface area contributed by atoms with Crippen LogP contribution in [0, 0.1) is 11.3 Å². The van der Waals surface area contributed by atoms with Gasteiger partial charge in [-0.05, 0) is 29.5 Å². The van der Waals surface area contributed by atoms with Crippen molar-refractivity contribution in [2.24, 2.45) is 17.1 Å². The minimum Gasteiger partial charge on any atom is -0.389 e. The van der Waals surface area contributed by atoms with Gasteiger partial charge in [-0.1, -0.05) is 39.9 Å². The Kier molecular flexibility index (Phi) is 5.25. The summed E-state index contributed by atoms with van der Waals surface area (Å²) in [7, 11) is 0. The van der Waals surface area contributed by atoms with Crippen molar-refractivity contribution in [3.8, 4) is 0 Å². The van der Waals surface area contributed by atoms with Crippen LogP contribution in [0.4, 0.5) is 18.9 Å². The molecule has 0 amide bonds. The first-order chi connectivity index (χ1) is 9.45. The zero-order valence-corrected chi connectivity index (χ0v) is 13.5. The van der Waals surface area contributed by atoms with E-state index in [1.807, 2.05) is 0 Å². The number of anilines is 1. The van der Waals surface area contributed by atoms with E-state index in [4.69, 9.17) is 18.0 Å². The van der Waals surface area contributed by atoms with Crippen molar-refractivity contribution < 1.29 is 13.2 Å². The van der Waals surface area contributed by atoms with E-state index in [2.05, 4.69) is 33.0 Å². The summed E-state index contributed by atoms with van der Waals surface area (Å²) in [6.45, 7) is 9.00. The summed E-state index contributed by atoms with van der Waals surface area (Å²) in [5.74, 6) is 0.424. The molecule has 0 aromatic heterocycles. The van der Waals surface area contributed by atoms with E-state index in [0.29, 0.717) is 18.2 Å². The zero-order chi connectivity index (χ0) is 16.4. The molecule has 21 heavy (non-hydrogen) atoms. The van der Waals surface area contributed by atoms with Crippen molar-refractivity contribution in [1.29, 1.82) is 0 Å². The molecule has 118 valence electrons. The maximum Gasteiger partial charge on any atom is 0.416 e. The molecule has 0 radical (unpaired) electrons. The number of hydrogen-bond acceptors (Lipinski definition) is 2. The first kappa shape index (κ1) is 17.8. The molecule has 1 aromatic carbocycles. The second kappa shape index (κ2) is 6.22. The lowest BCUT2D eigenvalue weighted by molar-refractivity contribution is -0.137. The lowest BCUT2D eigenvalue weighted by atomic mass is 9.81. The molecule has 0 heterocycles.